The van der Waals surface area contributed by atoms with E-state index in [1.165, 1.54) is 25.7 Å². The molecule has 0 unspecified atom stereocenters. The number of aromatic nitrogens is 3. The first-order chi connectivity index (χ1) is 10.2. The summed E-state index contributed by atoms with van der Waals surface area (Å²) in [5, 5.41) is 12.3. The molecule has 1 aromatic heterocycles. The predicted molar refractivity (Wildman–Crippen MR) is 86.7 cm³/mol. The van der Waals surface area contributed by atoms with Gasteiger partial charge in [0.05, 0.1) is 11.4 Å². The lowest BCUT2D eigenvalue weighted by Crippen LogP contribution is -2.41. The fourth-order valence-electron chi connectivity index (χ4n) is 3.20. The second-order valence-electron chi connectivity index (χ2n) is 5.89. The van der Waals surface area contributed by atoms with E-state index in [0.29, 0.717) is 12.1 Å². The van der Waals surface area contributed by atoms with E-state index < -0.39 is 0 Å². The predicted octanol–water partition coefficient (Wildman–Crippen LogP) is 2.35. The van der Waals surface area contributed by atoms with Gasteiger partial charge in [0.2, 0.25) is 5.95 Å². The van der Waals surface area contributed by atoms with Gasteiger partial charge in [-0.25, -0.2) is 4.98 Å². The Morgan fingerprint density at radius 2 is 1.67 bits per heavy atom. The molecule has 1 fully saturated rings. The van der Waals surface area contributed by atoms with Crippen LogP contribution in [-0.2, 0) is 12.8 Å². The van der Waals surface area contributed by atoms with Crippen LogP contribution in [0.3, 0.4) is 0 Å². The van der Waals surface area contributed by atoms with Crippen molar-refractivity contribution >= 4 is 5.95 Å². The van der Waals surface area contributed by atoms with Gasteiger partial charge < -0.3 is 10.2 Å². The molecule has 1 N–H and O–H groups in total. The lowest BCUT2D eigenvalue weighted by atomic mass is 9.90. The molecule has 0 bridgehead atoms. The lowest BCUT2D eigenvalue weighted by molar-refractivity contribution is 0.339. The Balaban J connectivity index is 2.02. The van der Waals surface area contributed by atoms with Gasteiger partial charge in [-0.15, -0.1) is 5.10 Å². The molecule has 2 rings (SSSR count). The second-order valence-corrected chi connectivity index (χ2v) is 5.89. The maximum absolute atomic E-state index is 4.73. The van der Waals surface area contributed by atoms with Crippen LogP contribution in [0.25, 0.3) is 0 Å². The highest BCUT2D eigenvalue weighted by molar-refractivity contribution is 5.31. The smallest absolute Gasteiger partial charge is 0.245 e. The van der Waals surface area contributed by atoms with Crippen molar-refractivity contribution < 1.29 is 0 Å². The molecule has 1 heterocycles. The Kier molecular flexibility index (Phi) is 5.91. The molecule has 0 spiro atoms. The molecule has 0 aromatic carbocycles. The van der Waals surface area contributed by atoms with Gasteiger partial charge >= 0.3 is 0 Å². The zero-order valence-corrected chi connectivity index (χ0v) is 13.9. The number of hydrogen-bond donors (Lipinski definition) is 1. The average molecular weight is 291 g/mol. The zero-order valence-electron chi connectivity index (χ0n) is 13.9. The van der Waals surface area contributed by atoms with Gasteiger partial charge in [0.1, 0.15) is 0 Å². The Hall–Kier alpha value is -1.23. The lowest BCUT2D eigenvalue weighted by Gasteiger charge is -2.34. The van der Waals surface area contributed by atoms with Crippen molar-refractivity contribution in [2.24, 2.45) is 0 Å². The number of rotatable bonds is 6. The van der Waals surface area contributed by atoms with Gasteiger partial charge in [0.25, 0.3) is 0 Å². The Bertz CT molecular complexity index is 440. The molecule has 0 amide bonds. The third-order valence-electron chi connectivity index (χ3n) is 4.55. The number of aryl methyl sites for hydroxylation is 2. The third-order valence-corrected chi connectivity index (χ3v) is 4.55. The fraction of sp³-hybridized carbons (Fsp3) is 0.812. The average Bonchev–Trinajstić information content (AvgIpc) is 2.54. The minimum absolute atomic E-state index is 0.541. The summed E-state index contributed by atoms with van der Waals surface area (Å²) in [7, 11) is 2.11. The Labute approximate surface area is 128 Å². The first kappa shape index (κ1) is 16.1. The first-order valence-corrected chi connectivity index (χ1v) is 8.38. The van der Waals surface area contributed by atoms with E-state index in [9.17, 15) is 0 Å². The maximum Gasteiger partial charge on any atom is 0.245 e. The maximum atomic E-state index is 4.73. The van der Waals surface area contributed by atoms with Crippen LogP contribution in [0.1, 0.15) is 57.8 Å². The van der Waals surface area contributed by atoms with E-state index in [0.717, 1.165) is 36.7 Å². The largest absolute Gasteiger partial charge is 0.340 e. The van der Waals surface area contributed by atoms with E-state index >= 15 is 0 Å². The van der Waals surface area contributed by atoms with Crippen molar-refractivity contribution in [2.45, 2.75) is 71.4 Å². The van der Waals surface area contributed by atoms with Gasteiger partial charge in [0, 0.05) is 19.1 Å². The van der Waals surface area contributed by atoms with Crippen LogP contribution in [0.4, 0.5) is 5.95 Å². The van der Waals surface area contributed by atoms with Crippen LogP contribution in [0.5, 0.6) is 0 Å². The summed E-state index contributed by atoms with van der Waals surface area (Å²) < 4.78 is 0. The highest BCUT2D eigenvalue weighted by Gasteiger charge is 2.25. The molecule has 21 heavy (non-hydrogen) atoms. The van der Waals surface area contributed by atoms with E-state index in [1.54, 1.807) is 0 Å². The molecule has 1 aliphatic carbocycles. The van der Waals surface area contributed by atoms with Crippen molar-refractivity contribution in [1.82, 2.24) is 20.5 Å². The van der Waals surface area contributed by atoms with E-state index in [4.69, 9.17) is 4.98 Å². The van der Waals surface area contributed by atoms with Gasteiger partial charge in [-0.2, -0.15) is 5.10 Å². The van der Waals surface area contributed by atoms with Gasteiger partial charge in [0.15, 0.2) is 0 Å². The standard InChI is InChI=1S/C16H29N5/c1-5-14-15(6-2)19-20-16(18-14)21(4)13-10-8-12(9-11-13)17-7-3/h12-13,17H,5-11H2,1-4H3. The Morgan fingerprint density at radius 1 is 1.00 bits per heavy atom. The normalized spacial score (nSPS) is 22.3. The molecule has 1 aliphatic rings. The van der Waals surface area contributed by atoms with Crippen molar-refractivity contribution in [3.8, 4) is 0 Å². The molecule has 1 aromatic rings. The van der Waals surface area contributed by atoms with Crippen molar-refractivity contribution in [3.05, 3.63) is 11.4 Å². The summed E-state index contributed by atoms with van der Waals surface area (Å²) in [4.78, 5) is 6.96. The molecule has 5 heteroatoms. The zero-order chi connectivity index (χ0) is 15.2. The molecule has 0 atom stereocenters. The van der Waals surface area contributed by atoms with Crippen molar-refractivity contribution in [3.63, 3.8) is 0 Å². The summed E-state index contributed by atoms with van der Waals surface area (Å²) in [5.41, 5.74) is 2.13. The van der Waals surface area contributed by atoms with Crippen molar-refractivity contribution in [1.29, 1.82) is 0 Å². The number of nitrogens with one attached hydrogen (secondary N) is 1. The summed E-state index contributed by atoms with van der Waals surface area (Å²) in [6.45, 7) is 7.49. The minimum atomic E-state index is 0.541. The molecule has 0 aliphatic heterocycles. The summed E-state index contributed by atoms with van der Waals surface area (Å²) in [6.07, 6.45) is 6.71. The molecule has 118 valence electrons. The summed E-state index contributed by atoms with van der Waals surface area (Å²) in [6, 6.07) is 1.23. The van der Waals surface area contributed by atoms with Gasteiger partial charge in [-0.05, 0) is 45.1 Å². The highest BCUT2D eigenvalue weighted by atomic mass is 15.3. The molecule has 5 nitrogen and oxygen atoms in total. The third kappa shape index (κ3) is 3.90. The topological polar surface area (TPSA) is 53.9 Å². The SMILES string of the molecule is CCNC1CCC(N(C)c2nnc(CC)c(CC)n2)CC1. The number of hydrogen-bond acceptors (Lipinski definition) is 5. The van der Waals surface area contributed by atoms with Crippen LogP contribution >= 0.6 is 0 Å². The first-order valence-electron chi connectivity index (χ1n) is 8.38. The molecule has 0 saturated heterocycles. The highest BCUT2D eigenvalue weighted by Crippen LogP contribution is 2.24. The van der Waals surface area contributed by atoms with E-state index in [2.05, 4.69) is 48.2 Å². The quantitative estimate of drug-likeness (QED) is 0.872. The van der Waals surface area contributed by atoms with Crippen LogP contribution in [0.15, 0.2) is 0 Å². The van der Waals surface area contributed by atoms with E-state index in [-0.39, 0.29) is 0 Å². The Morgan fingerprint density at radius 3 is 2.24 bits per heavy atom. The van der Waals surface area contributed by atoms with Crippen LogP contribution in [-0.4, -0.2) is 40.9 Å². The van der Waals surface area contributed by atoms with E-state index in [1.807, 2.05) is 0 Å². The monoisotopic (exact) mass is 291 g/mol. The minimum Gasteiger partial charge on any atom is -0.340 e. The molecule has 1 saturated carbocycles. The van der Waals surface area contributed by atoms with Gasteiger partial charge in [-0.3, -0.25) is 0 Å². The molecule has 0 radical (unpaired) electrons. The fourth-order valence-corrected chi connectivity index (χ4v) is 3.20. The van der Waals surface area contributed by atoms with Crippen molar-refractivity contribution in [2.75, 3.05) is 18.5 Å². The molecular formula is C16H29N5. The summed E-state index contributed by atoms with van der Waals surface area (Å²) in [5.74, 6) is 0.788. The number of nitrogens with zero attached hydrogens (tertiary/aromatic N) is 4. The molecular weight excluding hydrogens is 262 g/mol. The number of anilines is 1. The van der Waals surface area contributed by atoms with Crippen LogP contribution in [0.2, 0.25) is 0 Å². The second kappa shape index (κ2) is 7.69. The summed E-state index contributed by atoms with van der Waals surface area (Å²) >= 11 is 0. The van der Waals surface area contributed by atoms with Crippen LogP contribution < -0.4 is 10.2 Å². The van der Waals surface area contributed by atoms with Gasteiger partial charge in [-0.1, -0.05) is 20.8 Å². The van der Waals surface area contributed by atoms with Crippen LogP contribution in [0, 0.1) is 0 Å².